The quantitative estimate of drug-likeness (QED) is 0.648. The number of nitrogens with zero attached hydrogens (tertiary/aromatic N) is 2. The van der Waals surface area contributed by atoms with Gasteiger partial charge < -0.3 is 10.5 Å². The second-order valence-electron chi connectivity index (χ2n) is 4.45. The lowest BCUT2D eigenvalue weighted by atomic mass is 10.1. The summed E-state index contributed by atoms with van der Waals surface area (Å²) < 4.78 is 5.17. The summed E-state index contributed by atoms with van der Waals surface area (Å²) >= 11 is 1.44. The predicted octanol–water partition coefficient (Wildman–Crippen LogP) is 2.24. The van der Waals surface area contributed by atoms with Crippen LogP contribution in [-0.2, 0) is 10.5 Å². The number of H-pyrrole nitrogens is 1. The molecule has 0 saturated carbocycles. The highest BCUT2D eigenvalue weighted by atomic mass is 32.2. The fourth-order valence-electron chi connectivity index (χ4n) is 1.54. The van der Waals surface area contributed by atoms with E-state index in [2.05, 4.69) is 15.2 Å². The van der Waals surface area contributed by atoms with Gasteiger partial charge in [0, 0.05) is 5.75 Å². The first-order valence-electron chi connectivity index (χ1n) is 6.15. The Morgan fingerprint density at radius 1 is 1.50 bits per heavy atom. The number of hydrogen-bond acceptors (Lipinski definition) is 6. The van der Waals surface area contributed by atoms with E-state index in [1.807, 2.05) is 32.0 Å². The van der Waals surface area contributed by atoms with E-state index in [4.69, 9.17) is 10.5 Å². The number of carbonyl (C=O) groups excluding carboxylic acids is 1. The van der Waals surface area contributed by atoms with E-state index < -0.39 is 0 Å². The Bertz CT molecular complexity index is 598. The molecule has 20 heavy (non-hydrogen) atoms. The number of nitrogens with one attached hydrogen (secondary N) is 1. The third-order valence-electron chi connectivity index (χ3n) is 2.36. The van der Waals surface area contributed by atoms with E-state index in [1.165, 1.54) is 11.8 Å². The zero-order chi connectivity index (χ0) is 14.5. The number of rotatable bonds is 5. The molecule has 0 spiro atoms. The van der Waals surface area contributed by atoms with Gasteiger partial charge >= 0.3 is 5.97 Å². The maximum Gasteiger partial charge on any atom is 0.338 e. The molecule has 0 aliphatic rings. The molecular weight excluding hydrogens is 276 g/mol. The van der Waals surface area contributed by atoms with Crippen molar-refractivity contribution in [1.29, 1.82) is 0 Å². The molecule has 7 heteroatoms. The molecule has 0 bridgehead atoms. The normalized spacial score (nSPS) is 10.8. The summed E-state index contributed by atoms with van der Waals surface area (Å²) in [7, 11) is 0. The lowest BCUT2D eigenvalue weighted by molar-refractivity contribution is 0.0378. The van der Waals surface area contributed by atoms with Crippen molar-refractivity contribution in [2.24, 2.45) is 0 Å². The summed E-state index contributed by atoms with van der Waals surface area (Å²) in [6.07, 6.45) is -0.128. The summed E-state index contributed by atoms with van der Waals surface area (Å²) in [6, 6.07) is 7.33. The van der Waals surface area contributed by atoms with Gasteiger partial charge in [0.2, 0.25) is 11.1 Å². The van der Waals surface area contributed by atoms with Crippen LogP contribution in [-0.4, -0.2) is 27.3 Å². The van der Waals surface area contributed by atoms with Crippen LogP contribution in [0, 0.1) is 0 Å². The van der Waals surface area contributed by atoms with Crippen molar-refractivity contribution in [2.75, 3.05) is 5.73 Å². The van der Waals surface area contributed by atoms with Crippen LogP contribution in [0.25, 0.3) is 0 Å². The highest BCUT2D eigenvalue weighted by Crippen LogP contribution is 2.20. The number of nitrogens with two attached hydrogens (primary N) is 1. The molecule has 0 radical (unpaired) electrons. The third kappa shape index (κ3) is 3.99. The highest BCUT2D eigenvalue weighted by Gasteiger charge is 2.10. The molecule has 0 aliphatic carbocycles. The molecule has 1 aromatic carbocycles. The Labute approximate surface area is 121 Å². The number of ether oxygens (including phenoxy) is 1. The van der Waals surface area contributed by atoms with Crippen molar-refractivity contribution < 1.29 is 9.53 Å². The van der Waals surface area contributed by atoms with Crippen molar-refractivity contribution in [1.82, 2.24) is 15.2 Å². The van der Waals surface area contributed by atoms with Crippen molar-refractivity contribution >= 4 is 23.7 Å². The van der Waals surface area contributed by atoms with E-state index in [0.717, 1.165) is 5.56 Å². The first-order valence-corrected chi connectivity index (χ1v) is 7.14. The second kappa shape index (κ2) is 6.42. The third-order valence-corrected chi connectivity index (χ3v) is 3.27. The summed E-state index contributed by atoms with van der Waals surface area (Å²) in [6.45, 7) is 3.65. The van der Waals surface area contributed by atoms with Gasteiger partial charge in [-0.3, -0.25) is 0 Å². The van der Waals surface area contributed by atoms with Gasteiger partial charge in [-0.15, -0.1) is 5.10 Å². The molecule has 0 atom stereocenters. The minimum absolute atomic E-state index is 0.128. The van der Waals surface area contributed by atoms with Gasteiger partial charge in [-0.05, 0) is 31.5 Å². The standard InChI is InChI=1S/C13H16N4O2S/c1-8(2)19-11(18)10-5-3-4-9(6-10)7-20-13-15-12(14)16-17-13/h3-6,8H,7H2,1-2H3,(H3,14,15,16,17). The van der Waals surface area contributed by atoms with Gasteiger partial charge in [0.25, 0.3) is 0 Å². The van der Waals surface area contributed by atoms with Crippen LogP contribution in [0.5, 0.6) is 0 Å². The average Bonchev–Trinajstić information content (AvgIpc) is 2.82. The van der Waals surface area contributed by atoms with Gasteiger partial charge in [-0.1, -0.05) is 23.9 Å². The number of carbonyl (C=O) groups is 1. The molecule has 2 rings (SSSR count). The van der Waals surface area contributed by atoms with E-state index in [1.54, 1.807) is 6.07 Å². The number of aromatic amines is 1. The average molecular weight is 292 g/mol. The number of esters is 1. The van der Waals surface area contributed by atoms with Crippen molar-refractivity contribution in [3.63, 3.8) is 0 Å². The fourth-order valence-corrected chi connectivity index (χ4v) is 2.29. The number of hydrogen-bond donors (Lipinski definition) is 2. The Hall–Kier alpha value is -2.02. The highest BCUT2D eigenvalue weighted by molar-refractivity contribution is 7.98. The SMILES string of the molecule is CC(C)OC(=O)c1cccc(CSc2n[nH]c(N)n2)c1. The zero-order valence-corrected chi connectivity index (χ0v) is 12.1. The van der Waals surface area contributed by atoms with Gasteiger partial charge in [-0.25, -0.2) is 9.89 Å². The number of anilines is 1. The largest absolute Gasteiger partial charge is 0.459 e. The number of aromatic nitrogens is 3. The summed E-state index contributed by atoms with van der Waals surface area (Å²) in [5, 5.41) is 7.10. The van der Waals surface area contributed by atoms with Gasteiger partial charge in [-0.2, -0.15) is 4.98 Å². The maximum absolute atomic E-state index is 11.8. The molecule has 0 fully saturated rings. The van der Waals surface area contributed by atoms with Crippen LogP contribution in [0.2, 0.25) is 0 Å². The van der Waals surface area contributed by atoms with Crippen LogP contribution >= 0.6 is 11.8 Å². The minimum atomic E-state index is -0.311. The maximum atomic E-state index is 11.8. The molecule has 0 unspecified atom stereocenters. The molecule has 1 heterocycles. The van der Waals surface area contributed by atoms with Crippen LogP contribution in [0.4, 0.5) is 5.95 Å². The first-order chi connectivity index (χ1) is 9.54. The smallest absolute Gasteiger partial charge is 0.338 e. The van der Waals surface area contributed by atoms with Gasteiger partial charge in [0.1, 0.15) is 0 Å². The summed E-state index contributed by atoms with van der Waals surface area (Å²) in [5.74, 6) is 0.635. The van der Waals surface area contributed by atoms with Gasteiger partial charge in [0.05, 0.1) is 11.7 Å². The molecular formula is C13H16N4O2S. The van der Waals surface area contributed by atoms with E-state index >= 15 is 0 Å². The Morgan fingerprint density at radius 2 is 2.30 bits per heavy atom. The van der Waals surface area contributed by atoms with Crippen molar-refractivity contribution in [3.8, 4) is 0 Å². The summed E-state index contributed by atoms with van der Waals surface area (Å²) in [4.78, 5) is 15.8. The van der Waals surface area contributed by atoms with Crippen LogP contribution in [0.15, 0.2) is 29.4 Å². The van der Waals surface area contributed by atoms with Crippen molar-refractivity contribution in [2.45, 2.75) is 30.9 Å². The lowest BCUT2D eigenvalue weighted by Gasteiger charge is -2.08. The van der Waals surface area contributed by atoms with Gasteiger partial charge in [0.15, 0.2) is 0 Å². The molecule has 6 nitrogen and oxygen atoms in total. The topological polar surface area (TPSA) is 93.9 Å². The lowest BCUT2D eigenvalue weighted by Crippen LogP contribution is -2.11. The van der Waals surface area contributed by atoms with Crippen LogP contribution in [0.1, 0.15) is 29.8 Å². The molecule has 1 aromatic heterocycles. The van der Waals surface area contributed by atoms with E-state index in [9.17, 15) is 4.79 Å². The fraction of sp³-hybridized carbons (Fsp3) is 0.308. The molecule has 0 saturated heterocycles. The monoisotopic (exact) mass is 292 g/mol. The number of thioether (sulfide) groups is 1. The minimum Gasteiger partial charge on any atom is -0.459 e. The summed E-state index contributed by atoms with van der Waals surface area (Å²) in [5.41, 5.74) is 7.00. The zero-order valence-electron chi connectivity index (χ0n) is 11.3. The Kier molecular flexibility index (Phi) is 4.62. The van der Waals surface area contributed by atoms with Crippen molar-refractivity contribution in [3.05, 3.63) is 35.4 Å². The molecule has 3 N–H and O–H groups in total. The van der Waals surface area contributed by atoms with Crippen LogP contribution in [0.3, 0.4) is 0 Å². The molecule has 2 aromatic rings. The number of nitrogen functional groups attached to an aromatic ring is 1. The number of benzene rings is 1. The molecule has 0 aliphatic heterocycles. The molecule has 106 valence electrons. The van der Waals surface area contributed by atoms with E-state index in [0.29, 0.717) is 22.4 Å². The van der Waals surface area contributed by atoms with Crippen LogP contribution < -0.4 is 5.73 Å². The Balaban J connectivity index is 2.00. The second-order valence-corrected chi connectivity index (χ2v) is 5.39. The predicted molar refractivity (Wildman–Crippen MR) is 77.3 cm³/mol. The first kappa shape index (κ1) is 14.4. The Morgan fingerprint density at radius 3 is 2.95 bits per heavy atom. The van der Waals surface area contributed by atoms with E-state index in [-0.39, 0.29) is 12.1 Å². The molecule has 0 amide bonds.